The maximum atomic E-state index is 12.5. The molecule has 0 aliphatic heterocycles. The number of benzene rings is 2. The van der Waals surface area contributed by atoms with Gasteiger partial charge in [0.05, 0.1) is 5.69 Å². The van der Waals surface area contributed by atoms with Crippen molar-refractivity contribution in [1.82, 2.24) is 0 Å². The molecular formula is C12H8Br4N2O2S. The number of nitrogens with one attached hydrogen (secondary N) is 1. The fourth-order valence-electron chi connectivity index (χ4n) is 1.55. The quantitative estimate of drug-likeness (QED) is 0.509. The minimum atomic E-state index is -3.78. The zero-order valence-electron chi connectivity index (χ0n) is 10.2. The van der Waals surface area contributed by atoms with Crippen molar-refractivity contribution in [2.24, 2.45) is 0 Å². The summed E-state index contributed by atoms with van der Waals surface area (Å²) in [6.07, 6.45) is 0. The van der Waals surface area contributed by atoms with E-state index < -0.39 is 10.0 Å². The highest BCUT2D eigenvalue weighted by atomic mass is 79.9. The summed E-state index contributed by atoms with van der Waals surface area (Å²) in [5, 5.41) is 0. The van der Waals surface area contributed by atoms with E-state index in [4.69, 9.17) is 5.73 Å². The summed E-state index contributed by atoms with van der Waals surface area (Å²) in [7, 11) is -3.78. The topological polar surface area (TPSA) is 72.2 Å². The first kappa shape index (κ1) is 17.3. The Hall–Kier alpha value is -0.0900. The van der Waals surface area contributed by atoms with E-state index in [0.29, 0.717) is 24.8 Å². The van der Waals surface area contributed by atoms with Gasteiger partial charge < -0.3 is 5.73 Å². The third-order valence-corrected chi connectivity index (χ3v) is 6.54. The van der Waals surface area contributed by atoms with Gasteiger partial charge in [-0.05, 0) is 78.1 Å². The molecule has 2 aromatic rings. The van der Waals surface area contributed by atoms with E-state index in [-0.39, 0.29) is 4.90 Å². The van der Waals surface area contributed by atoms with Crippen LogP contribution in [-0.2, 0) is 10.0 Å². The van der Waals surface area contributed by atoms with E-state index in [2.05, 4.69) is 68.4 Å². The highest BCUT2D eigenvalue weighted by Crippen LogP contribution is 2.36. The van der Waals surface area contributed by atoms with Crippen molar-refractivity contribution in [2.75, 3.05) is 10.5 Å². The zero-order chi connectivity index (χ0) is 15.8. The highest BCUT2D eigenvalue weighted by molar-refractivity contribution is 9.11. The van der Waals surface area contributed by atoms with Crippen LogP contribution in [-0.4, -0.2) is 8.42 Å². The standard InChI is InChI=1S/C12H8Br4N2O2S/c13-6-3-9(15)12(10(16)4-6)18-21(19,20)11-5-7(17)1-2-8(11)14/h1-5,18H,17H2. The molecule has 0 saturated carbocycles. The van der Waals surface area contributed by atoms with Gasteiger partial charge >= 0.3 is 0 Å². The predicted octanol–water partition coefficient (Wildman–Crippen LogP) is 5.12. The molecule has 0 spiro atoms. The molecule has 0 unspecified atom stereocenters. The van der Waals surface area contributed by atoms with Crippen molar-refractivity contribution in [3.63, 3.8) is 0 Å². The first-order chi connectivity index (χ1) is 9.70. The molecule has 112 valence electrons. The van der Waals surface area contributed by atoms with Gasteiger partial charge in [-0.2, -0.15) is 0 Å². The number of halogens is 4. The second-order valence-corrected chi connectivity index (χ2v) is 9.17. The number of rotatable bonds is 3. The van der Waals surface area contributed by atoms with Crippen molar-refractivity contribution in [2.45, 2.75) is 4.90 Å². The molecule has 0 aliphatic rings. The minimum absolute atomic E-state index is 0.0734. The van der Waals surface area contributed by atoms with Crippen LogP contribution < -0.4 is 10.5 Å². The van der Waals surface area contributed by atoms with Crippen LogP contribution in [0.15, 0.2) is 53.1 Å². The fourth-order valence-corrected chi connectivity index (χ4v) is 6.37. The van der Waals surface area contributed by atoms with Crippen LogP contribution in [0.25, 0.3) is 0 Å². The van der Waals surface area contributed by atoms with Crippen LogP contribution in [0.4, 0.5) is 11.4 Å². The molecule has 0 aromatic heterocycles. The average Bonchev–Trinajstić information content (AvgIpc) is 2.36. The van der Waals surface area contributed by atoms with Crippen molar-refractivity contribution >= 4 is 85.1 Å². The molecule has 0 amide bonds. The third-order valence-electron chi connectivity index (χ3n) is 2.49. The van der Waals surface area contributed by atoms with E-state index in [1.165, 1.54) is 6.07 Å². The molecule has 0 bridgehead atoms. The molecule has 4 nitrogen and oxygen atoms in total. The lowest BCUT2D eigenvalue weighted by molar-refractivity contribution is 0.600. The Balaban J connectivity index is 2.50. The van der Waals surface area contributed by atoms with Gasteiger partial charge in [-0.3, -0.25) is 4.72 Å². The van der Waals surface area contributed by atoms with Crippen LogP contribution in [0.2, 0.25) is 0 Å². The molecule has 0 aliphatic carbocycles. The SMILES string of the molecule is Nc1ccc(Br)c(S(=O)(=O)Nc2c(Br)cc(Br)cc2Br)c1. The normalized spacial score (nSPS) is 11.4. The fraction of sp³-hybridized carbons (Fsp3) is 0. The Bertz CT molecular complexity index is 786. The molecule has 9 heteroatoms. The third kappa shape index (κ3) is 4.01. The molecule has 0 saturated heterocycles. The van der Waals surface area contributed by atoms with Gasteiger partial charge in [-0.15, -0.1) is 0 Å². The van der Waals surface area contributed by atoms with Gasteiger partial charge in [-0.1, -0.05) is 15.9 Å². The number of hydrogen-bond donors (Lipinski definition) is 2. The first-order valence-corrected chi connectivity index (χ1v) is 10.1. The second-order valence-electron chi connectivity index (χ2n) is 4.04. The first-order valence-electron chi connectivity index (χ1n) is 5.43. The molecule has 0 radical (unpaired) electrons. The lowest BCUT2D eigenvalue weighted by Crippen LogP contribution is -2.14. The molecular weight excluding hydrogens is 556 g/mol. The summed E-state index contributed by atoms with van der Waals surface area (Å²) in [6, 6.07) is 8.10. The van der Waals surface area contributed by atoms with Crippen molar-refractivity contribution in [3.8, 4) is 0 Å². The predicted molar refractivity (Wildman–Crippen MR) is 98.9 cm³/mol. The van der Waals surface area contributed by atoms with Gasteiger partial charge in [0.1, 0.15) is 4.90 Å². The summed E-state index contributed by atoms with van der Waals surface area (Å²) in [5.74, 6) is 0. The van der Waals surface area contributed by atoms with Crippen LogP contribution in [0.5, 0.6) is 0 Å². The van der Waals surface area contributed by atoms with Gasteiger partial charge in [0.15, 0.2) is 0 Å². The Kier molecular flexibility index (Phi) is 5.40. The summed E-state index contributed by atoms with van der Waals surface area (Å²) >= 11 is 13.2. The molecule has 21 heavy (non-hydrogen) atoms. The lowest BCUT2D eigenvalue weighted by Gasteiger charge is -2.13. The molecule has 0 atom stereocenters. The largest absolute Gasteiger partial charge is 0.399 e. The van der Waals surface area contributed by atoms with Crippen molar-refractivity contribution < 1.29 is 8.42 Å². The van der Waals surface area contributed by atoms with E-state index in [9.17, 15) is 8.42 Å². The summed E-state index contributed by atoms with van der Waals surface area (Å²) in [6.45, 7) is 0. The van der Waals surface area contributed by atoms with Gasteiger partial charge in [-0.25, -0.2) is 8.42 Å². The van der Waals surface area contributed by atoms with E-state index in [0.717, 1.165) is 4.47 Å². The summed E-state index contributed by atoms with van der Waals surface area (Å²) < 4.78 is 30.0. The van der Waals surface area contributed by atoms with Crippen LogP contribution in [0.1, 0.15) is 0 Å². The highest BCUT2D eigenvalue weighted by Gasteiger charge is 2.21. The van der Waals surface area contributed by atoms with E-state index in [1.807, 2.05) is 0 Å². The number of nitrogen functional groups attached to an aromatic ring is 1. The van der Waals surface area contributed by atoms with E-state index >= 15 is 0 Å². The molecule has 0 heterocycles. The second kappa shape index (κ2) is 6.57. The molecule has 3 N–H and O–H groups in total. The average molecular weight is 564 g/mol. The zero-order valence-corrected chi connectivity index (χ0v) is 17.4. The number of nitrogens with two attached hydrogens (primary N) is 1. The lowest BCUT2D eigenvalue weighted by atomic mass is 10.3. The molecule has 2 aromatic carbocycles. The smallest absolute Gasteiger partial charge is 0.263 e. The summed E-state index contributed by atoms with van der Waals surface area (Å²) in [4.78, 5) is 0.0734. The van der Waals surface area contributed by atoms with Gasteiger partial charge in [0.25, 0.3) is 10.0 Å². The Morgan fingerprint density at radius 1 is 0.905 bits per heavy atom. The van der Waals surface area contributed by atoms with E-state index in [1.54, 1.807) is 24.3 Å². The van der Waals surface area contributed by atoms with Gasteiger partial charge in [0, 0.05) is 23.6 Å². The summed E-state index contributed by atoms with van der Waals surface area (Å²) in [5.41, 5.74) is 6.44. The maximum Gasteiger partial charge on any atom is 0.263 e. The van der Waals surface area contributed by atoms with Crippen LogP contribution in [0.3, 0.4) is 0 Å². The Morgan fingerprint density at radius 2 is 1.48 bits per heavy atom. The van der Waals surface area contributed by atoms with Crippen LogP contribution in [0, 0.1) is 0 Å². The van der Waals surface area contributed by atoms with Crippen LogP contribution >= 0.6 is 63.7 Å². The van der Waals surface area contributed by atoms with Crippen molar-refractivity contribution in [3.05, 3.63) is 48.2 Å². The number of sulfonamides is 1. The maximum absolute atomic E-state index is 12.5. The van der Waals surface area contributed by atoms with Crippen molar-refractivity contribution in [1.29, 1.82) is 0 Å². The molecule has 0 fully saturated rings. The monoisotopic (exact) mass is 560 g/mol. The minimum Gasteiger partial charge on any atom is -0.399 e. The number of anilines is 2. The Morgan fingerprint density at radius 3 is 2.05 bits per heavy atom. The molecule has 2 rings (SSSR count). The Labute approximate surface area is 156 Å². The van der Waals surface area contributed by atoms with Gasteiger partial charge in [0.2, 0.25) is 0 Å². The number of hydrogen-bond acceptors (Lipinski definition) is 3.